The van der Waals surface area contributed by atoms with Gasteiger partial charge in [0.2, 0.25) is 0 Å². The standard InChI is InChI=1S/C30H37BrF6IN5O4/c1-27(2,3)47-26(44)43-15-28(16-43)6-12-42(13-7-28)24-19-14-20(38)21(31)23(45-17-30(35,36)37)22(19)39-25(40-24)46-18-4-9-41(10-5-18)11-8-29(32,33)34/h14,18H,4-13,15-17H2,1-3H3. The molecule has 0 saturated carbocycles. The molecule has 3 aliphatic rings. The van der Waals surface area contributed by atoms with E-state index in [0.29, 0.717) is 71.4 Å². The van der Waals surface area contributed by atoms with E-state index in [2.05, 4.69) is 25.8 Å². The molecule has 2 aromatic rings. The molecule has 0 radical (unpaired) electrons. The van der Waals surface area contributed by atoms with Gasteiger partial charge in [0, 0.05) is 60.2 Å². The maximum Gasteiger partial charge on any atom is 0.422 e. The summed E-state index contributed by atoms with van der Waals surface area (Å²) in [6.45, 7) is 6.98. The van der Waals surface area contributed by atoms with Crippen LogP contribution in [0.4, 0.5) is 37.0 Å². The number of alkyl halides is 6. The van der Waals surface area contributed by atoms with Crippen LogP contribution in [-0.4, -0.2) is 102 Å². The van der Waals surface area contributed by atoms with Crippen LogP contribution in [-0.2, 0) is 4.74 Å². The van der Waals surface area contributed by atoms with E-state index in [9.17, 15) is 31.1 Å². The first-order valence-corrected chi connectivity index (χ1v) is 17.2. The van der Waals surface area contributed by atoms with Crippen LogP contribution >= 0.6 is 38.5 Å². The number of piperidine rings is 2. The predicted octanol–water partition coefficient (Wildman–Crippen LogP) is 7.57. The smallest absolute Gasteiger partial charge is 0.422 e. The quantitative estimate of drug-likeness (QED) is 0.209. The van der Waals surface area contributed by atoms with Gasteiger partial charge in [-0.2, -0.15) is 36.3 Å². The molecule has 262 valence electrons. The molecule has 1 amide bonds. The van der Waals surface area contributed by atoms with Gasteiger partial charge in [-0.1, -0.05) is 0 Å². The Bertz CT molecular complexity index is 1450. The highest BCUT2D eigenvalue weighted by Gasteiger charge is 2.48. The fraction of sp³-hybridized carbons (Fsp3) is 0.700. The van der Waals surface area contributed by atoms with Crippen molar-refractivity contribution >= 4 is 61.3 Å². The fourth-order valence-electron chi connectivity index (χ4n) is 6.14. The number of aromatic nitrogens is 2. The Morgan fingerprint density at radius 1 is 1.02 bits per heavy atom. The van der Waals surface area contributed by atoms with Crippen molar-refractivity contribution in [3.63, 3.8) is 0 Å². The summed E-state index contributed by atoms with van der Waals surface area (Å²) >= 11 is 5.39. The lowest BCUT2D eigenvalue weighted by Crippen LogP contribution is -2.62. The van der Waals surface area contributed by atoms with Gasteiger partial charge in [-0.3, -0.25) is 0 Å². The Morgan fingerprint density at radius 3 is 2.23 bits per heavy atom. The van der Waals surface area contributed by atoms with E-state index in [1.54, 1.807) is 15.9 Å². The van der Waals surface area contributed by atoms with E-state index in [1.807, 2.05) is 43.4 Å². The summed E-state index contributed by atoms with van der Waals surface area (Å²) in [6, 6.07) is 1.75. The monoisotopic (exact) mass is 851 g/mol. The number of ether oxygens (including phenoxy) is 3. The number of likely N-dealkylation sites (tertiary alicyclic amines) is 2. The summed E-state index contributed by atoms with van der Waals surface area (Å²) in [7, 11) is 0. The van der Waals surface area contributed by atoms with Gasteiger partial charge in [0.25, 0.3) is 0 Å². The number of carbonyl (C=O) groups is 1. The molecular weight excluding hydrogens is 815 g/mol. The number of fused-ring (bicyclic) bond motifs is 1. The third-order valence-electron chi connectivity index (χ3n) is 8.53. The largest absolute Gasteiger partial charge is 0.481 e. The molecule has 5 rings (SSSR count). The number of halogens is 8. The molecule has 1 spiro atoms. The van der Waals surface area contributed by atoms with E-state index in [4.69, 9.17) is 19.2 Å². The molecule has 0 N–H and O–H groups in total. The second kappa shape index (κ2) is 13.7. The van der Waals surface area contributed by atoms with Gasteiger partial charge < -0.3 is 28.9 Å². The summed E-state index contributed by atoms with van der Waals surface area (Å²) in [4.78, 5) is 27.3. The Hall–Kier alpha value is -2.02. The van der Waals surface area contributed by atoms with E-state index >= 15 is 0 Å². The molecule has 0 atom stereocenters. The van der Waals surface area contributed by atoms with Crippen molar-refractivity contribution in [3.05, 3.63) is 14.1 Å². The summed E-state index contributed by atoms with van der Waals surface area (Å²) in [5, 5.41) is 0.504. The van der Waals surface area contributed by atoms with Gasteiger partial charge in [0.15, 0.2) is 12.4 Å². The maximum absolute atomic E-state index is 13.2. The summed E-state index contributed by atoms with van der Waals surface area (Å²) < 4.78 is 95.7. The molecule has 0 unspecified atom stereocenters. The topological polar surface area (TPSA) is 80.3 Å². The molecule has 3 aliphatic heterocycles. The molecule has 3 saturated heterocycles. The Balaban J connectivity index is 1.37. The normalized spacial score (nSPS) is 19.6. The highest BCUT2D eigenvalue weighted by Crippen LogP contribution is 2.45. The lowest BCUT2D eigenvalue weighted by atomic mass is 9.72. The molecule has 0 bridgehead atoms. The number of nitrogens with zero attached hydrogens (tertiary/aromatic N) is 5. The van der Waals surface area contributed by atoms with Crippen LogP contribution in [0.5, 0.6) is 11.8 Å². The van der Waals surface area contributed by atoms with E-state index in [1.165, 1.54) is 0 Å². The van der Waals surface area contributed by atoms with Crippen LogP contribution in [0.3, 0.4) is 0 Å². The zero-order valence-electron chi connectivity index (χ0n) is 26.2. The van der Waals surface area contributed by atoms with E-state index in [-0.39, 0.29) is 41.4 Å². The zero-order valence-corrected chi connectivity index (χ0v) is 30.0. The van der Waals surface area contributed by atoms with Gasteiger partial charge >= 0.3 is 24.5 Å². The SMILES string of the molecule is CC(C)(C)OC(=O)N1CC2(CCN(c3nc(OC4CCN(CCC(F)(F)F)CC4)nc4c(OCC(F)(F)F)c(Br)c(I)cc34)CC2)C1. The maximum atomic E-state index is 13.2. The van der Waals surface area contributed by atoms with E-state index < -0.39 is 31.0 Å². The van der Waals surface area contributed by atoms with Crippen molar-refractivity contribution < 1.29 is 45.3 Å². The third-order valence-corrected chi connectivity index (χ3v) is 10.9. The zero-order chi connectivity index (χ0) is 34.4. The first-order valence-electron chi connectivity index (χ1n) is 15.4. The van der Waals surface area contributed by atoms with Crippen molar-refractivity contribution in [2.75, 3.05) is 57.3 Å². The lowest BCUT2D eigenvalue weighted by Gasteiger charge is -2.53. The minimum absolute atomic E-state index is 0.0359. The number of carbonyl (C=O) groups excluding carboxylic acids is 1. The van der Waals surface area contributed by atoms with Crippen LogP contribution in [0.2, 0.25) is 0 Å². The third kappa shape index (κ3) is 9.36. The highest BCUT2D eigenvalue weighted by molar-refractivity contribution is 14.1. The lowest BCUT2D eigenvalue weighted by molar-refractivity contribution is -0.153. The minimum Gasteiger partial charge on any atom is -0.481 e. The van der Waals surface area contributed by atoms with Crippen molar-refractivity contribution in [3.8, 4) is 11.8 Å². The Kier molecular flexibility index (Phi) is 10.6. The molecule has 0 aliphatic carbocycles. The number of amides is 1. The summed E-state index contributed by atoms with van der Waals surface area (Å²) in [5.41, 5.74) is -0.492. The molecule has 3 fully saturated rings. The second-order valence-electron chi connectivity index (χ2n) is 13.5. The number of hydrogen-bond acceptors (Lipinski definition) is 8. The van der Waals surface area contributed by atoms with Gasteiger partial charge in [0.05, 0.1) is 10.9 Å². The van der Waals surface area contributed by atoms with E-state index in [0.717, 1.165) is 12.8 Å². The van der Waals surface area contributed by atoms with Crippen LogP contribution in [0.25, 0.3) is 10.9 Å². The average molecular weight is 852 g/mol. The minimum atomic E-state index is -4.58. The van der Waals surface area contributed by atoms with Crippen molar-refractivity contribution in [2.45, 2.75) is 76.9 Å². The number of rotatable bonds is 7. The van der Waals surface area contributed by atoms with Gasteiger partial charge in [0.1, 0.15) is 23.0 Å². The number of hydrogen-bond donors (Lipinski definition) is 0. The Labute approximate surface area is 290 Å². The molecule has 1 aromatic heterocycles. The van der Waals surface area contributed by atoms with Crippen LogP contribution in [0.15, 0.2) is 10.5 Å². The Morgan fingerprint density at radius 2 is 1.66 bits per heavy atom. The summed E-state index contributed by atoms with van der Waals surface area (Å²) in [5.74, 6) is 0.410. The number of anilines is 1. The van der Waals surface area contributed by atoms with Crippen LogP contribution in [0.1, 0.15) is 52.9 Å². The van der Waals surface area contributed by atoms with Gasteiger partial charge in [-0.05, 0) is 91.0 Å². The molecule has 4 heterocycles. The van der Waals surface area contributed by atoms with Crippen molar-refractivity contribution in [1.29, 1.82) is 0 Å². The van der Waals surface area contributed by atoms with Crippen molar-refractivity contribution in [1.82, 2.24) is 19.8 Å². The molecule has 9 nitrogen and oxygen atoms in total. The molecule has 47 heavy (non-hydrogen) atoms. The number of benzene rings is 1. The fourth-order valence-corrected chi connectivity index (χ4v) is 7.11. The first-order chi connectivity index (χ1) is 21.8. The highest BCUT2D eigenvalue weighted by atomic mass is 127. The van der Waals surface area contributed by atoms with Gasteiger partial charge in [-0.25, -0.2) is 4.79 Å². The average Bonchev–Trinajstić information content (AvgIpc) is 2.94. The first kappa shape index (κ1) is 36.3. The van der Waals surface area contributed by atoms with Crippen molar-refractivity contribution in [2.24, 2.45) is 5.41 Å². The summed E-state index contributed by atoms with van der Waals surface area (Å²) in [6.07, 6.45) is -8.01. The molecule has 1 aromatic carbocycles. The van der Waals surface area contributed by atoms with Crippen LogP contribution in [0, 0.1) is 8.99 Å². The second-order valence-corrected chi connectivity index (χ2v) is 15.4. The van der Waals surface area contributed by atoms with Crippen LogP contribution < -0.4 is 14.4 Å². The predicted molar refractivity (Wildman–Crippen MR) is 174 cm³/mol. The molecular formula is C30H37BrF6IN5O4. The van der Waals surface area contributed by atoms with Gasteiger partial charge in [-0.15, -0.1) is 0 Å². The molecule has 17 heteroatoms.